The zero-order chi connectivity index (χ0) is 33.3. The number of aromatic nitrogens is 4. The van der Waals surface area contributed by atoms with E-state index in [1.165, 1.54) is 10.8 Å². The average molecular weight is 639 g/mol. The molecule has 0 N–H and O–H groups in total. The molecule has 0 radical (unpaired) electrons. The van der Waals surface area contributed by atoms with Gasteiger partial charge in [0.25, 0.3) is 0 Å². The van der Waals surface area contributed by atoms with Crippen LogP contribution in [-0.2, 0) is 0 Å². The second-order valence-corrected chi connectivity index (χ2v) is 12.3. The lowest BCUT2D eigenvalue weighted by Gasteiger charge is -2.17. The average Bonchev–Trinajstić information content (AvgIpc) is 3.21. The Morgan fingerprint density at radius 3 is 1.28 bits per heavy atom. The highest BCUT2D eigenvalue weighted by molar-refractivity contribution is 6.18. The number of pyridine rings is 1. The highest BCUT2D eigenvalue weighted by Crippen LogP contribution is 2.41. The standard InChI is InChI=1S/C46H30N4/c1-5-15-31(16-6-1)39-30-41(33-17-7-2-8-18-33)47-43-40(29-37-23-13-14-24-38(37)42(39)43)32-25-27-36(28-26-32)46-49-44(34-19-9-3-10-20-34)48-45(50-46)35-21-11-4-12-22-35/h1-30H. The molecule has 2 aromatic heterocycles. The Hall–Kier alpha value is -6.78. The van der Waals surface area contributed by atoms with Crippen molar-refractivity contribution >= 4 is 21.7 Å². The maximum Gasteiger partial charge on any atom is 0.164 e. The van der Waals surface area contributed by atoms with Crippen molar-refractivity contribution in [2.24, 2.45) is 0 Å². The van der Waals surface area contributed by atoms with E-state index in [9.17, 15) is 0 Å². The van der Waals surface area contributed by atoms with Gasteiger partial charge in [-0.15, -0.1) is 0 Å². The molecule has 2 heterocycles. The summed E-state index contributed by atoms with van der Waals surface area (Å²) in [6.45, 7) is 0. The van der Waals surface area contributed by atoms with Crippen LogP contribution in [0.2, 0.25) is 0 Å². The first-order valence-corrected chi connectivity index (χ1v) is 16.7. The Bertz CT molecular complexity index is 2550. The van der Waals surface area contributed by atoms with Crippen LogP contribution in [0.25, 0.3) is 89.4 Å². The molecule has 0 fully saturated rings. The van der Waals surface area contributed by atoms with Crippen LogP contribution in [0.1, 0.15) is 0 Å². The van der Waals surface area contributed by atoms with E-state index in [0.717, 1.165) is 61.1 Å². The van der Waals surface area contributed by atoms with Gasteiger partial charge in [-0.3, -0.25) is 0 Å². The third-order valence-corrected chi connectivity index (χ3v) is 9.11. The summed E-state index contributed by atoms with van der Waals surface area (Å²) in [5, 5.41) is 3.49. The zero-order valence-corrected chi connectivity index (χ0v) is 27.1. The lowest BCUT2D eigenvalue weighted by Crippen LogP contribution is -2.00. The first kappa shape index (κ1) is 29.4. The number of hydrogen-bond acceptors (Lipinski definition) is 4. The summed E-state index contributed by atoms with van der Waals surface area (Å²) in [7, 11) is 0. The molecule has 0 aliphatic rings. The molecule has 0 bridgehead atoms. The molecule has 9 rings (SSSR count). The molecular weight excluding hydrogens is 609 g/mol. The Morgan fingerprint density at radius 2 is 0.720 bits per heavy atom. The lowest BCUT2D eigenvalue weighted by atomic mass is 9.90. The predicted octanol–water partition coefficient (Wildman–Crippen LogP) is 11.6. The highest BCUT2D eigenvalue weighted by atomic mass is 15.0. The van der Waals surface area contributed by atoms with Crippen molar-refractivity contribution in [3.8, 4) is 67.7 Å². The molecular formula is C46H30N4. The summed E-state index contributed by atoms with van der Waals surface area (Å²) < 4.78 is 0. The third-order valence-electron chi connectivity index (χ3n) is 9.11. The van der Waals surface area contributed by atoms with Gasteiger partial charge in [-0.05, 0) is 39.6 Å². The molecule has 234 valence electrons. The second-order valence-electron chi connectivity index (χ2n) is 12.3. The topological polar surface area (TPSA) is 51.6 Å². The van der Waals surface area contributed by atoms with E-state index >= 15 is 0 Å². The molecule has 0 aliphatic heterocycles. The molecule has 0 saturated carbocycles. The van der Waals surface area contributed by atoms with Gasteiger partial charge in [-0.25, -0.2) is 19.9 Å². The summed E-state index contributed by atoms with van der Waals surface area (Å²) in [5.41, 5.74) is 10.3. The van der Waals surface area contributed by atoms with E-state index in [2.05, 4.69) is 115 Å². The molecule has 9 aromatic rings. The molecule has 7 aromatic carbocycles. The van der Waals surface area contributed by atoms with Crippen molar-refractivity contribution < 1.29 is 0 Å². The SMILES string of the molecule is c1ccc(-c2cc(-c3ccccc3)c3c(n2)c(-c2ccc(-c4nc(-c5ccccc5)nc(-c5ccccc5)n4)cc2)cc2ccccc23)cc1. The molecule has 50 heavy (non-hydrogen) atoms. The van der Waals surface area contributed by atoms with Crippen LogP contribution in [0.3, 0.4) is 0 Å². The van der Waals surface area contributed by atoms with Crippen LogP contribution in [0.15, 0.2) is 182 Å². The molecule has 0 atom stereocenters. The second kappa shape index (κ2) is 12.7. The summed E-state index contributed by atoms with van der Waals surface area (Å²) in [6.07, 6.45) is 0. The number of nitrogens with zero attached hydrogens (tertiary/aromatic N) is 4. The molecule has 4 nitrogen and oxygen atoms in total. The van der Waals surface area contributed by atoms with Crippen LogP contribution in [0, 0.1) is 0 Å². The molecule has 0 saturated heterocycles. The summed E-state index contributed by atoms with van der Waals surface area (Å²) in [5.74, 6) is 1.92. The van der Waals surface area contributed by atoms with Crippen LogP contribution < -0.4 is 0 Å². The molecule has 0 unspecified atom stereocenters. The molecule has 0 aliphatic carbocycles. The van der Waals surface area contributed by atoms with Gasteiger partial charge in [-0.1, -0.05) is 170 Å². The number of rotatable bonds is 6. The van der Waals surface area contributed by atoms with Gasteiger partial charge in [0.1, 0.15) is 0 Å². The fourth-order valence-corrected chi connectivity index (χ4v) is 6.65. The van der Waals surface area contributed by atoms with Crippen molar-refractivity contribution in [3.63, 3.8) is 0 Å². The Balaban J connectivity index is 1.24. The quantitative estimate of drug-likeness (QED) is 0.170. The maximum absolute atomic E-state index is 5.40. The van der Waals surface area contributed by atoms with Crippen LogP contribution in [0.5, 0.6) is 0 Å². The number of benzene rings is 7. The van der Waals surface area contributed by atoms with E-state index in [0.29, 0.717) is 17.5 Å². The number of hydrogen-bond donors (Lipinski definition) is 0. The van der Waals surface area contributed by atoms with E-state index < -0.39 is 0 Å². The fraction of sp³-hybridized carbons (Fsp3) is 0. The van der Waals surface area contributed by atoms with Gasteiger partial charge in [0, 0.05) is 33.2 Å². The van der Waals surface area contributed by atoms with Crippen LogP contribution >= 0.6 is 0 Å². The summed E-state index contributed by atoms with van der Waals surface area (Å²) in [4.78, 5) is 20.2. The van der Waals surface area contributed by atoms with E-state index in [-0.39, 0.29) is 0 Å². The van der Waals surface area contributed by atoms with E-state index in [4.69, 9.17) is 19.9 Å². The summed E-state index contributed by atoms with van der Waals surface area (Å²) in [6, 6.07) is 62.8. The van der Waals surface area contributed by atoms with Gasteiger partial charge in [0.05, 0.1) is 11.2 Å². The first-order chi connectivity index (χ1) is 24.8. The minimum absolute atomic E-state index is 0.628. The Kier molecular flexibility index (Phi) is 7.45. The van der Waals surface area contributed by atoms with Crippen molar-refractivity contribution in [3.05, 3.63) is 182 Å². The number of fused-ring (bicyclic) bond motifs is 3. The molecule has 0 spiro atoms. The normalized spacial score (nSPS) is 11.2. The monoisotopic (exact) mass is 638 g/mol. The van der Waals surface area contributed by atoms with Crippen LogP contribution in [-0.4, -0.2) is 19.9 Å². The van der Waals surface area contributed by atoms with Gasteiger partial charge < -0.3 is 0 Å². The smallest absolute Gasteiger partial charge is 0.164 e. The third kappa shape index (κ3) is 5.49. The van der Waals surface area contributed by atoms with Crippen molar-refractivity contribution in [1.82, 2.24) is 19.9 Å². The van der Waals surface area contributed by atoms with Gasteiger partial charge in [-0.2, -0.15) is 0 Å². The van der Waals surface area contributed by atoms with Crippen molar-refractivity contribution in [1.29, 1.82) is 0 Å². The highest BCUT2D eigenvalue weighted by Gasteiger charge is 2.18. The van der Waals surface area contributed by atoms with Crippen LogP contribution in [0.4, 0.5) is 0 Å². The summed E-state index contributed by atoms with van der Waals surface area (Å²) >= 11 is 0. The van der Waals surface area contributed by atoms with Gasteiger partial charge >= 0.3 is 0 Å². The van der Waals surface area contributed by atoms with Gasteiger partial charge in [0.2, 0.25) is 0 Å². The van der Waals surface area contributed by atoms with Crippen molar-refractivity contribution in [2.45, 2.75) is 0 Å². The maximum atomic E-state index is 5.40. The largest absolute Gasteiger partial charge is 0.247 e. The Morgan fingerprint density at radius 1 is 0.300 bits per heavy atom. The zero-order valence-electron chi connectivity index (χ0n) is 27.1. The minimum Gasteiger partial charge on any atom is -0.247 e. The predicted molar refractivity (Wildman–Crippen MR) is 205 cm³/mol. The molecule has 4 heteroatoms. The van der Waals surface area contributed by atoms with Crippen molar-refractivity contribution in [2.75, 3.05) is 0 Å². The fourth-order valence-electron chi connectivity index (χ4n) is 6.65. The van der Waals surface area contributed by atoms with E-state index in [1.807, 2.05) is 66.7 Å². The molecule has 0 amide bonds. The minimum atomic E-state index is 0.628. The van der Waals surface area contributed by atoms with Gasteiger partial charge in [0.15, 0.2) is 17.5 Å². The lowest BCUT2D eigenvalue weighted by molar-refractivity contribution is 1.07. The first-order valence-electron chi connectivity index (χ1n) is 16.7. The van der Waals surface area contributed by atoms with E-state index in [1.54, 1.807) is 0 Å². The Labute approximate surface area is 290 Å².